The monoisotopic (exact) mass is 456 g/mol. The van der Waals surface area contributed by atoms with Crippen LogP contribution in [0.1, 0.15) is 21.5 Å². The molecule has 0 radical (unpaired) electrons. The van der Waals surface area contributed by atoms with Gasteiger partial charge in [0.05, 0.1) is 18.2 Å². The van der Waals surface area contributed by atoms with Crippen molar-refractivity contribution in [2.75, 3.05) is 7.11 Å². The fourth-order valence-electron chi connectivity index (χ4n) is 3.33. The van der Waals surface area contributed by atoms with Gasteiger partial charge in [0.1, 0.15) is 23.6 Å². The maximum Gasteiger partial charge on any atom is 0.271 e. The molecule has 0 aliphatic carbocycles. The van der Waals surface area contributed by atoms with Gasteiger partial charge in [-0.15, -0.1) is 0 Å². The number of pyridine rings is 1. The Balaban J connectivity index is 1.46. The van der Waals surface area contributed by atoms with E-state index in [9.17, 15) is 14.9 Å². The number of methoxy groups -OCH3 is 1. The second-order valence-corrected chi connectivity index (χ2v) is 7.20. The van der Waals surface area contributed by atoms with Gasteiger partial charge < -0.3 is 9.47 Å². The number of rotatable bonds is 8. The average Bonchev–Trinajstić information content (AvgIpc) is 2.87. The Labute approximate surface area is 194 Å². The lowest BCUT2D eigenvalue weighted by Crippen LogP contribution is -2.17. The molecule has 9 nitrogen and oxygen atoms in total. The average molecular weight is 456 g/mol. The van der Waals surface area contributed by atoms with Gasteiger partial charge in [0.25, 0.3) is 11.6 Å². The molecule has 170 valence electrons. The maximum absolute atomic E-state index is 12.3. The van der Waals surface area contributed by atoms with Gasteiger partial charge in [0.2, 0.25) is 0 Å². The van der Waals surface area contributed by atoms with Gasteiger partial charge in [-0.2, -0.15) is 5.10 Å². The van der Waals surface area contributed by atoms with Crippen molar-refractivity contribution in [3.63, 3.8) is 0 Å². The maximum atomic E-state index is 12.3. The molecule has 0 bridgehead atoms. The summed E-state index contributed by atoms with van der Waals surface area (Å²) >= 11 is 0. The first kappa shape index (κ1) is 22.4. The standard InChI is InChI=1S/C25H20N4O5/c1-33-22-11-10-17(15-27-28-25(30)19-6-2-8-21(14-19)29(31)32)13-20(22)16-34-23-9-3-5-18-7-4-12-26-24(18)23/h2-15H,16H2,1H3,(H,28,30). The van der Waals surface area contributed by atoms with Crippen LogP contribution >= 0.6 is 0 Å². The molecule has 0 aliphatic rings. The number of benzene rings is 3. The minimum atomic E-state index is -0.560. The summed E-state index contributed by atoms with van der Waals surface area (Å²) in [4.78, 5) is 27.0. The SMILES string of the molecule is COc1ccc(C=NNC(=O)c2cccc([N+](=O)[O-])c2)cc1COc1cccc2cccnc12. The highest BCUT2D eigenvalue weighted by atomic mass is 16.6. The van der Waals surface area contributed by atoms with Crippen molar-refractivity contribution in [2.24, 2.45) is 5.10 Å². The van der Waals surface area contributed by atoms with E-state index in [0.29, 0.717) is 17.1 Å². The number of nitro benzene ring substituents is 1. The fourth-order valence-corrected chi connectivity index (χ4v) is 3.33. The molecule has 0 atom stereocenters. The molecular formula is C25H20N4O5. The van der Waals surface area contributed by atoms with Crippen LogP contribution in [0.15, 0.2) is 84.1 Å². The van der Waals surface area contributed by atoms with Gasteiger partial charge in [-0.1, -0.05) is 24.3 Å². The quantitative estimate of drug-likeness (QED) is 0.237. The van der Waals surface area contributed by atoms with E-state index in [1.165, 1.54) is 30.5 Å². The Morgan fingerprint density at radius 3 is 2.74 bits per heavy atom. The zero-order chi connectivity index (χ0) is 23.9. The number of hydrogen-bond acceptors (Lipinski definition) is 7. The second-order valence-electron chi connectivity index (χ2n) is 7.20. The van der Waals surface area contributed by atoms with Crippen molar-refractivity contribution in [3.8, 4) is 11.5 Å². The molecule has 0 unspecified atom stereocenters. The molecule has 0 fully saturated rings. The van der Waals surface area contributed by atoms with Crippen LogP contribution < -0.4 is 14.9 Å². The fraction of sp³-hybridized carbons (Fsp3) is 0.0800. The van der Waals surface area contributed by atoms with Crippen LogP contribution in [0, 0.1) is 10.1 Å². The summed E-state index contributed by atoms with van der Waals surface area (Å²) in [6, 6.07) is 20.4. The first-order valence-electron chi connectivity index (χ1n) is 10.3. The third kappa shape index (κ3) is 5.16. The van der Waals surface area contributed by atoms with Gasteiger partial charge in [0, 0.05) is 34.8 Å². The lowest BCUT2D eigenvalue weighted by atomic mass is 10.1. The number of nitro groups is 1. The Morgan fingerprint density at radius 1 is 1.09 bits per heavy atom. The third-order valence-corrected chi connectivity index (χ3v) is 4.98. The van der Waals surface area contributed by atoms with Gasteiger partial charge in [-0.05, 0) is 42.0 Å². The number of nitrogens with one attached hydrogen (secondary N) is 1. The van der Waals surface area contributed by atoms with Crippen molar-refractivity contribution in [3.05, 3.63) is 106 Å². The summed E-state index contributed by atoms with van der Waals surface area (Å²) in [5.41, 5.74) is 4.60. The Bertz CT molecular complexity index is 1380. The molecule has 0 spiro atoms. The summed E-state index contributed by atoms with van der Waals surface area (Å²) < 4.78 is 11.5. The first-order chi connectivity index (χ1) is 16.5. The van der Waals surface area contributed by atoms with Gasteiger partial charge >= 0.3 is 0 Å². The predicted molar refractivity (Wildman–Crippen MR) is 127 cm³/mol. The molecule has 0 aliphatic heterocycles. The number of hydrogen-bond donors (Lipinski definition) is 1. The molecule has 0 saturated heterocycles. The Kier molecular flexibility index (Phi) is 6.73. The minimum Gasteiger partial charge on any atom is -0.496 e. The molecule has 1 aromatic heterocycles. The van der Waals surface area contributed by atoms with Crippen molar-refractivity contribution in [1.29, 1.82) is 0 Å². The lowest BCUT2D eigenvalue weighted by molar-refractivity contribution is -0.384. The van der Waals surface area contributed by atoms with Crippen molar-refractivity contribution >= 4 is 28.7 Å². The number of aromatic nitrogens is 1. The molecule has 1 amide bonds. The number of carbonyl (C=O) groups is 1. The summed E-state index contributed by atoms with van der Waals surface area (Å²) in [6.45, 7) is 0.237. The van der Waals surface area contributed by atoms with Gasteiger partial charge in [-0.25, -0.2) is 5.43 Å². The van der Waals surface area contributed by atoms with E-state index in [1.54, 1.807) is 25.4 Å². The number of fused-ring (bicyclic) bond motifs is 1. The van der Waals surface area contributed by atoms with Gasteiger partial charge in [-0.3, -0.25) is 19.9 Å². The molecule has 4 aromatic rings. The van der Waals surface area contributed by atoms with E-state index >= 15 is 0 Å². The Hall–Kier alpha value is -4.79. The topological polar surface area (TPSA) is 116 Å². The summed E-state index contributed by atoms with van der Waals surface area (Å²) in [7, 11) is 1.57. The number of ether oxygens (including phenoxy) is 2. The molecule has 4 rings (SSSR count). The highest BCUT2D eigenvalue weighted by Crippen LogP contribution is 2.26. The predicted octanol–water partition coefficient (Wildman–Crippen LogP) is 4.49. The van der Waals surface area contributed by atoms with Crippen molar-refractivity contribution < 1.29 is 19.2 Å². The number of carbonyl (C=O) groups excluding carboxylic acids is 1. The van der Waals surface area contributed by atoms with Crippen LogP contribution in [-0.4, -0.2) is 29.1 Å². The van der Waals surface area contributed by atoms with E-state index in [4.69, 9.17) is 9.47 Å². The first-order valence-corrected chi connectivity index (χ1v) is 10.3. The zero-order valence-corrected chi connectivity index (χ0v) is 18.2. The van der Waals surface area contributed by atoms with Crippen molar-refractivity contribution in [2.45, 2.75) is 6.61 Å². The third-order valence-electron chi connectivity index (χ3n) is 4.98. The van der Waals surface area contributed by atoms with E-state index in [1.807, 2.05) is 36.4 Å². The highest BCUT2D eigenvalue weighted by Gasteiger charge is 2.11. The van der Waals surface area contributed by atoms with E-state index in [0.717, 1.165) is 16.5 Å². The summed E-state index contributed by atoms with van der Waals surface area (Å²) in [5.74, 6) is 0.745. The zero-order valence-electron chi connectivity index (χ0n) is 18.2. The molecule has 1 heterocycles. The number of nitrogens with zero attached hydrogens (tertiary/aromatic N) is 3. The van der Waals surface area contributed by atoms with E-state index in [2.05, 4.69) is 15.5 Å². The molecule has 34 heavy (non-hydrogen) atoms. The van der Waals surface area contributed by atoms with E-state index < -0.39 is 10.8 Å². The second kappa shape index (κ2) is 10.2. The lowest BCUT2D eigenvalue weighted by Gasteiger charge is -2.12. The van der Waals surface area contributed by atoms with Crippen LogP contribution in [0.3, 0.4) is 0 Å². The molecule has 9 heteroatoms. The van der Waals surface area contributed by atoms with Crippen LogP contribution in [0.5, 0.6) is 11.5 Å². The number of para-hydroxylation sites is 1. The normalized spacial score (nSPS) is 10.9. The molecule has 3 aromatic carbocycles. The largest absolute Gasteiger partial charge is 0.496 e. The number of non-ortho nitro benzene ring substituents is 1. The molecule has 1 N–H and O–H groups in total. The smallest absolute Gasteiger partial charge is 0.271 e. The van der Waals surface area contributed by atoms with Crippen molar-refractivity contribution in [1.82, 2.24) is 10.4 Å². The number of amides is 1. The molecule has 0 saturated carbocycles. The van der Waals surface area contributed by atoms with E-state index in [-0.39, 0.29) is 17.9 Å². The Morgan fingerprint density at radius 2 is 1.91 bits per heavy atom. The van der Waals surface area contributed by atoms with Crippen LogP contribution in [0.25, 0.3) is 10.9 Å². The highest BCUT2D eigenvalue weighted by molar-refractivity contribution is 5.95. The van der Waals surface area contributed by atoms with Crippen LogP contribution in [-0.2, 0) is 6.61 Å². The van der Waals surface area contributed by atoms with Gasteiger partial charge in [0.15, 0.2) is 0 Å². The molecular weight excluding hydrogens is 436 g/mol. The summed E-state index contributed by atoms with van der Waals surface area (Å²) in [6.07, 6.45) is 3.19. The summed E-state index contributed by atoms with van der Waals surface area (Å²) in [5, 5.41) is 15.8. The van der Waals surface area contributed by atoms with Crippen LogP contribution in [0.4, 0.5) is 5.69 Å². The van der Waals surface area contributed by atoms with Crippen LogP contribution in [0.2, 0.25) is 0 Å². The number of hydrazone groups is 1. The minimum absolute atomic E-state index is 0.138.